The second-order valence-corrected chi connectivity index (χ2v) is 5.54. The highest BCUT2D eigenvalue weighted by Gasteiger charge is 2.44. The Hall–Kier alpha value is -1.71. The zero-order chi connectivity index (χ0) is 13.3. The third kappa shape index (κ3) is 2.42. The summed E-state index contributed by atoms with van der Waals surface area (Å²) in [5.41, 5.74) is 13.5. The summed E-state index contributed by atoms with van der Waals surface area (Å²) in [6, 6.07) is 5.15. The van der Waals surface area contributed by atoms with Crippen molar-refractivity contribution in [3.63, 3.8) is 0 Å². The Morgan fingerprint density at radius 3 is 2.56 bits per heavy atom. The molecule has 98 valence electrons. The SMILES string of the molecule is CC(C)C1(CNc2ccc(C(N)=O)cc2N)CC1. The summed E-state index contributed by atoms with van der Waals surface area (Å²) < 4.78 is 0. The Kier molecular flexibility index (Phi) is 3.20. The van der Waals surface area contributed by atoms with Crippen LogP contribution in [-0.2, 0) is 0 Å². The Morgan fingerprint density at radius 1 is 1.44 bits per heavy atom. The van der Waals surface area contributed by atoms with Gasteiger partial charge in [0.05, 0.1) is 11.4 Å². The van der Waals surface area contributed by atoms with E-state index in [1.807, 2.05) is 6.07 Å². The largest absolute Gasteiger partial charge is 0.397 e. The lowest BCUT2D eigenvalue weighted by Crippen LogP contribution is -2.21. The van der Waals surface area contributed by atoms with E-state index in [4.69, 9.17) is 11.5 Å². The maximum Gasteiger partial charge on any atom is 0.248 e. The third-order valence-electron chi connectivity index (χ3n) is 4.08. The molecule has 0 atom stereocenters. The maximum atomic E-state index is 11.0. The van der Waals surface area contributed by atoms with E-state index in [0.29, 0.717) is 22.6 Å². The van der Waals surface area contributed by atoms with E-state index in [0.717, 1.165) is 12.2 Å². The van der Waals surface area contributed by atoms with Gasteiger partial charge in [0.15, 0.2) is 0 Å². The number of anilines is 2. The molecule has 0 aliphatic heterocycles. The van der Waals surface area contributed by atoms with Gasteiger partial charge in [-0.05, 0) is 42.4 Å². The molecule has 0 aromatic heterocycles. The molecule has 4 heteroatoms. The highest BCUT2D eigenvalue weighted by molar-refractivity contribution is 5.94. The molecule has 0 unspecified atom stereocenters. The van der Waals surface area contributed by atoms with Gasteiger partial charge in [-0.25, -0.2) is 0 Å². The molecular weight excluding hydrogens is 226 g/mol. The minimum Gasteiger partial charge on any atom is -0.397 e. The zero-order valence-electron chi connectivity index (χ0n) is 11.0. The van der Waals surface area contributed by atoms with Crippen molar-refractivity contribution in [3.05, 3.63) is 23.8 Å². The number of hydrogen-bond acceptors (Lipinski definition) is 3. The van der Waals surface area contributed by atoms with Crippen LogP contribution in [0.5, 0.6) is 0 Å². The molecule has 1 aromatic rings. The molecule has 2 rings (SSSR count). The Morgan fingerprint density at radius 2 is 2.11 bits per heavy atom. The van der Waals surface area contributed by atoms with Crippen LogP contribution in [0.2, 0.25) is 0 Å². The normalized spacial score (nSPS) is 16.6. The van der Waals surface area contributed by atoms with Crippen LogP contribution >= 0.6 is 0 Å². The van der Waals surface area contributed by atoms with Crippen molar-refractivity contribution in [1.82, 2.24) is 0 Å². The average Bonchev–Trinajstić information content (AvgIpc) is 3.08. The van der Waals surface area contributed by atoms with E-state index in [1.165, 1.54) is 12.8 Å². The van der Waals surface area contributed by atoms with Crippen molar-refractivity contribution in [2.75, 3.05) is 17.6 Å². The van der Waals surface area contributed by atoms with Crippen LogP contribution in [0.15, 0.2) is 18.2 Å². The minimum atomic E-state index is -0.450. The van der Waals surface area contributed by atoms with Crippen LogP contribution in [-0.4, -0.2) is 12.5 Å². The highest BCUT2D eigenvalue weighted by atomic mass is 16.1. The van der Waals surface area contributed by atoms with Crippen molar-refractivity contribution in [3.8, 4) is 0 Å². The van der Waals surface area contributed by atoms with Crippen LogP contribution in [0.4, 0.5) is 11.4 Å². The predicted molar refractivity (Wildman–Crippen MR) is 74.4 cm³/mol. The summed E-state index contributed by atoms with van der Waals surface area (Å²) in [6.07, 6.45) is 2.55. The van der Waals surface area contributed by atoms with E-state index >= 15 is 0 Å². The first kappa shape index (κ1) is 12.7. The van der Waals surface area contributed by atoms with Gasteiger partial charge in [-0.2, -0.15) is 0 Å². The van der Waals surface area contributed by atoms with Crippen LogP contribution in [0.3, 0.4) is 0 Å². The monoisotopic (exact) mass is 247 g/mol. The predicted octanol–water partition coefficient (Wildman–Crippen LogP) is 2.22. The molecule has 1 fully saturated rings. The first-order valence-corrected chi connectivity index (χ1v) is 6.38. The molecule has 1 aliphatic carbocycles. The lowest BCUT2D eigenvalue weighted by molar-refractivity contribution is 0.100. The molecule has 1 saturated carbocycles. The van der Waals surface area contributed by atoms with Gasteiger partial charge in [0.25, 0.3) is 0 Å². The minimum absolute atomic E-state index is 0.425. The van der Waals surface area contributed by atoms with E-state index in [1.54, 1.807) is 12.1 Å². The van der Waals surface area contributed by atoms with Crippen molar-refractivity contribution in [2.45, 2.75) is 26.7 Å². The first-order chi connectivity index (χ1) is 8.44. The quantitative estimate of drug-likeness (QED) is 0.698. The van der Waals surface area contributed by atoms with Crippen LogP contribution < -0.4 is 16.8 Å². The third-order valence-corrected chi connectivity index (χ3v) is 4.08. The van der Waals surface area contributed by atoms with Crippen molar-refractivity contribution in [2.24, 2.45) is 17.1 Å². The number of nitrogens with one attached hydrogen (secondary N) is 1. The smallest absolute Gasteiger partial charge is 0.248 e. The first-order valence-electron chi connectivity index (χ1n) is 6.38. The number of amides is 1. The standard InChI is InChI=1S/C14H21N3O/c1-9(2)14(5-6-14)8-17-12-4-3-10(13(16)18)7-11(12)15/h3-4,7,9,17H,5-6,8,15H2,1-2H3,(H2,16,18). The van der Waals surface area contributed by atoms with Gasteiger partial charge in [0, 0.05) is 12.1 Å². The summed E-state index contributed by atoms with van der Waals surface area (Å²) in [4.78, 5) is 11.0. The van der Waals surface area contributed by atoms with Gasteiger partial charge in [-0.3, -0.25) is 4.79 Å². The summed E-state index contributed by atoms with van der Waals surface area (Å²) in [7, 11) is 0. The lowest BCUT2D eigenvalue weighted by Gasteiger charge is -2.21. The summed E-state index contributed by atoms with van der Waals surface area (Å²) in [5, 5.41) is 3.39. The molecule has 5 N–H and O–H groups in total. The number of hydrogen-bond donors (Lipinski definition) is 3. The van der Waals surface area contributed by atoms with Gasteiger partial charge in [-0.1, -0.05) is 13.8 Å². The fraction of sp³-hybridized carbons (Fsp3) is 0.500. The number of carbonyl (C=O) groups excluding carboxylic acids is 1. The second-order valence-electron chi connectivity index (χ2n) is 5.54. The van der Waals surface area contributed by atoms with Gasteiger partial charge in [0.1, 0.15) is 0 Å². The number of carbonyl (C=O) groups is 1. The molecule has 0 saturated heterocycles. The molecule has 0 spiro atoms. The Bertz CT molecular complexity index is 464. The number of nitrogens with two attached hydrogens (primary N) is 2. The van der Waals surface area contributed by atoms with E-state index in [2.05, 4.69) is 19.2 Å². The zero-order valence-corrected chi connectivity index (χ0v) is 11.0. The molecule has 1 amide bonds. The summed E-state index contributed by atoms with van der Waals surface area (Å²) in [5.74, 6) is 0.227. The molecule has 0 heterocycles. The Labute approximate surface area is 108 Å². The fourth-order valence-corrected chi connectivity index (χ4v) is 2.27. The van der Waals surface area contributed by atoms with Crippen molar-refractivity contribution < 1.29 is 4.79 Å². The van der Waals surface area contributed by atoms with Gasteiger partial charge in [0.2, 0.25) is 5.91 Å². The van der Waals surface area contributed by atoms with E-state index in [-0.39, 0.29) is 0 Å². The number of nitrogen functional groups attached to an aromatic ring is 1. The van der Waals surface area contributed by atoms with Crippen LogP contribution in [0, 0.1) is 11.3 Å². The van der Waals surface area contributed by atoms with Crippen molar-refractivity contribution >= 4 is 17.3 Å². The Balaban J connectivity index is 2.04. The average molecular weight is 247 g/mol. The molecule has 0 radical (unpaired) electrons. The molecule has 4 nitrogen and oxygen atoms in total. The number of rotatable bonds is 5. The van der Waals surface area contributed by atoms with Gasteiger partial charge < -0.3 is 16.8 Å². The van der Waals surface area contributed by atoms with E-state index < -0.39 is 5.91 Å². The molecule has 18 heavy (non-hydrogen) atoms. The molecular formula is C14H21N3O. The second kappa shape index (κ2) is 4.52. The number of benzene rings is 1. The topological polar surface area (TPSA) is 81.1 Å². The number of primary amides is 1. The summed E-state index contributed by atoms with van der Waals surface area (Å²) in [6.45, 7) is 5.45. The molecule has 1 aliphatic rings. The molecule has 1 aromatic carbocycles. The fourth-order valence-electron chi connectivity index (χ4n) is 2.27. The maximum absolute atomic E-state index is 11.0. The molecule has 0 bridgehead atoms. The highest BCUT2D eigenvalue weighted by Crippen LogP contribution is 2.51. The van der Waals surface area contributed by atoms with Gasteiger partial charge >= 0.3 is 0 Å². The van der Waals surface area contributed by atoms with Crippen molar-refractivity contribution in [1.29, 1.82) is 0 Å². The van der Waals surface area contributed by atoms with Crippen LogP contribution in [0.25, 0.3) is 0 Å². The van der Waals surface area contributed by atoms with Gasteiger partial charge in [-0.15, -0.1) is 0 Å². The van der Waals surface area contributed by atoms with Crippen LogP contribution in [0.1, 0.15) is 37.0 Å². The summed E-state index contributed by atoms with van der Waals surface area (Å²) >= 11 is 0. The lowest BCUT2D eigenvalue weighted by atomic mass is 9.92. The van der Waals surface area contributed by atoms with E-state index in [9.17, 15) is 4.79 Å².